The minimum Gasteiger partial charge on any atom is -0.494 e. The van der Waals surface area contributed by atoms with Gasteiger partial charge in [-0.1, -0.05) is 24.3 Å². The van der Waals surface area contributed by atoms with Gasteiger partial charge < -0.3 is 4.74 Å². The summed E-state index contributed by atoms with van der Waals surface area (Å²) in [5, 5.41) is 0. The summed E-state index contributed by atoms with van der Waals surface area (Å²) in [5.74, 6) is -0.162. The lowest BCUT2D eigenvalue weighted by molar-refractivity contribution is 0.0846. The molecule has 0 heterocycles. The molecule has 21 heavy (non-hydrogen) atoms. The van der Waals surface area contributed by atoms with Crippen LogP contribution in [0.3, 0.4) is 0 Å². The third kappa shape index (κ3) is 4.07. The van der Waals surface area contributed by atoms with Crippen LogP contribution >= 0.6 is 0 Å². The fourth-order valence-corrected chi connectivity index (χ4v) is 1.74. The van der Waals surface area contributed by atoms with Crippen molar-refractivity contribution >= 4 is 11.8 Å². The van der Waals surface area contributed by atoms with E-state index >= 15 is 0 Å². The van der Waals surface area contributed by atoms with Crippen LogP contribution in [0.25, 0.3) is 0 Å². The molecule has 2 aromatic carbocycles. The Labute approximate surface area is 122 Å². The van der Waals surface area contributed by atoms with E-state index in [-0.39, 0.29) is 5.91 Å². The summed E-state index contributed by atoms with van der Waals surface area (Å²) in [5.41, 5.74) is 5.63. The van der Waals surface area contributed by atoms with Crippen molar-refractivity contribution in [2.24, 2.45) is 0 Å². The number of benzene rings is 2. The Kier molecular flexibility index (Phi) is 4.93. The summed E-state index contributed by atoms with van der Waals surface area (Å²) in [7, 11) is 0. The average molecular weight is 284 g/mol. The maximum Gasteiger partial charge on any atom is 0.269 e. The molecular weight excluding hydrogens is 268 g/mol. The largest absolute Gasteiger partial charge is 0.494 e. The van der Waals surface area contributed by atoms with Gasteiger partial charge in [-0.15, -0.1) is 0 Å². The highest BCUT2D eigenvalue weighted by atomic mass is 16.5. The third-order valence-corrected chi connectivity index (χ3v) is 2.73. The molecule has 2 N–H and O–H groups in total. The van der Waals surface area contributed by atoms with E-state index in [1.165, 1.54) is 0 Å². The zero-order valence-electron chi connectivity index (χ0n) is 11.6. The van der Waals surface area contributed by atoms with Gasteiger partial charge in [-0.25, -0.2) is 0 Å². The van der Waals surface area contributed by atoms with Crippen LogP contribution in [0.1, 0.15) is 27.6 Å². The van der Waals surface area contributed by atoms with Gasteiger partial charge in [-0.05, 0) is 37.3 Å². The van der Waals surface area contributed by atoms with E-state index in [1.807, 2.05) is 13.0 Å². The van der Waals surface area contributed by atoms with Gasteiger partial charge >= 0.3 is 0 Å². The van der Waals surface area contributed by atoms with Gasteiger partial charge in [0.1, 0.15) is 5.75 Å². The highest BCUT2D eigenvalue weighted by Gasteiger charge is 2.09. The second-order valence-corrected chi connectivity index (χ2v) is 4.24. The summed E-state index contributed by atoms with van der Waals surface area (Å²) < 4.78 is 5.32. The molecule has 0 unspecified atom stereocenters. The maximum absolute atomic E-state index is 12.0. The molecule has 0 saturated heterocycles. The Hall–Kier alpha value is -2.82. The van der Waals surface area contributed by atoms with Crippen LogP contribution in [0.5, 0.6) is 5.75 Å². The van der Waals surface area contributed by atoms with Crippen molar-refractivity contribution < 1.29 is 14.3 Å². The van der Waals surface area contributed by atoms with E-state index in [2.05, 4.69) is 10.9 Å². The highest BCUT2D eigenvalue weighted by molar-refractivity contribution is 5.99. The molecule has 108 valence electrons. The maximum atomic E-state index is 12.0. The van der Waals surface area contributed by atoms with E-state index < -0.39 is 5.91 Å². The van der Waals surface area contributed by atoms with E-state index in [4.69, 9.17) is 4.74 Å². The van der Waals surface area contributed by atoms with E-state index in [1.54, 1.807) is 48.5 Å². The molecular formula is C16H16N2O3. The smallest absolute Gasteiger partial charge is 0.269 e. The Morgan fingerprint density at radius 2 is 1.52 bits per heavy atom. The lowest BCUT2D eigenvalue weighted by Crippen LogP contribution is -2.41. The highest BCUT2D eigenvalue weighted by Crippen LogP contribution is 2.12. The molecule has 0 radical (unpaired) electrons. The number of carbonyl (C=O) groups excluding carboxylic acids is 2. The van der Waals surface area contributed by atoms with Gasteiger partial charge in [-0.2, -0.15) is 0 Å². The van der Waals surface area contributed by atoms with Crippen molar-refractivity contribution in [3.8, 4) is 5.75 Å². The lowest BCUT2D eigenvalue weighted by Gasteiger charge is -2.08. The molecule has 5 heteroatoms. The van der Waals surface area contributed by atoms with Crippen LogP contribution in [0.2, 0.25) is 0 Å². The molecule has 0 aromatic heterocycles. The van der Waals surface area contributed by atoms with Crippen LogP contribution in [-0.4, -0.2) is 18.4 Å². The quantitative estimate of drug-likeness (QED) is 0.845. The van der Waals surface area contributed by atoms with Crippen molar-refractivity contribution in [2.75, 3.05) is 6.61 Å². The summed E-state index contributed by atoms with van der Waals surface area (Å²) in [4.78, 5) is 23.8. The number of ether oxygens (including phenoxy) is 1. The van der Waals surface area contributed by atoms with Gasteiger partial charge in [0.15, 0.2) is 0 Å². The zero-order valence-corrected chi connectivity index (χ0v) is 11.6. The fraction of sp³-hybridized carbons (Fsp3) is 0.125. The number of hydrogen-bond donors (Lipinski definition) is 2. The Balaban J connectivity index is 1.96. The molecule has 2 rings (SSSR count). The van der Waals surface area contributed by atoms with E-state index in [0.29, 0.717) is 23.5 Å². The first kappa shape index (κ1) is 14.6. The molecule has 5 nitrogen and oxygen atoms in total. The molecule has 2 aromatic rings. The van der Waals surface area contributed by atoms with Gasteiger partial charge in [0.25, 0.3) is 11.8 Å². The Bertz CT molecular complexity index is 626. The summed E-state index contributed by atoms with van der Waals surface area (Å²) in [6.07, 6.45) is 0. The third-order valence-electron chi connectivity index (χ3n) is 2.73. The number of hydrazine groups is 1. The second-order valence-electron chi connectivity index (χ2n) is 4.24. The van der Waals surface area contributed by atoms with E-state index in [9.17, 15) is 9.59 Å². The fourth-order valence-electron chi connectivity index (χ4n) is 1.74. The van der Waals surface area contributed by atoms with Crippen LogP contribution in [0.15, 0.2) is 54.6 Å². The number of rotatable bonds is 4. The minimum absolute atomic E-state index is 0.370. The van der Waals surface area contributed by atoms with Crippen LogP contribution < -0.4 is 15.6 Å². The Morgan fingerprint density at radius 3 is 2.19 bits per heavy atom. The summed E-state index contributed by atoms with van der Waals surface area (Å²) in [6, 6.07) is 15.4. The first-order valence-electron chi connectivity index (χ1n) is 6.59. The normalized spacial score (nSPS) is 9.76. The molecule has 0 aliphatic heterocycles. The summed E-state index contributed by atoms with van der Waals surface area (Å²) in [6.45, 7) is 2.39. The number of hydrogen-bond acceptors (Lipinski definition) is 3. The molecule has 0 aliphatic rings. The van der Waals surface area contributed by atoms with Gasteiger partial charge in [0.2, 0.25) is 0 Å². The Morgan fingerprint density at radius 1 is 0.905 bits per heavy atom. The predicted molar refractivity (Wildman–Crippen MR) is 79.0 cm³/mol. The van der Waals surface area contributed by atoms with E-state index in [0.717, 1.165) is 0 Å². The second kappa shape index (κ2) is 7.09. The molecule has 0 spiro atoms. The predicted octanol–water partition coefficient (Wildman–Crippen LogP) is 2.16. The average Bonchev–Trinajstić information content (AvgIpc) is 2.53. The SMILES string of the molecule is CCOc1cccc(C(=O)NNC(=O)c2ccccc2)c1. The molecule has 0 saturated carbocycles. The van der Waals surface area contributed by atoms with Crippen molar-refractivity contribution in [2.45, 2.75) is 6.92 Å². The monoisotopic (exact) mass is 284 g/mol. The van der Waals surface area contributed by atoms with Crippen LogP contribution in [0.4, 0.5) is 0 Å². The molecule has 2 amide bonds. The van der Waals surface area contributed by atoms with Gasteiger partial charge in [0.05, 0.1) is 6.61 Å². The molecule has 0 aliphatic carbocycles. The number of amides is 2. The van der Waals surface area contributed by atoms with Crippen LogP contribution in [-0.2, 0) is 0 Å². The van der Waals surface area contributed by atoms with Crippen molar-refractivity contribution in [1.82, 2.24) is 10.9 Å². The molecule has 0 fully saturated rings. The van der Waals surface area contributed by atoms with Gasteiger partial charge in [-0.3, -0.25) is 20.4 Å². The number of carbonyl (C=O) groups is 2. The van der Waals surface area contributed by atoms with Crippen molar-refractivity contribution in [3.63, 3.8) is 0 Å². The molecule has 0 bridgehead atoms. The first-order chi connectivity index (χ1) is 10.2. The minimum atomic E-state index is -0.402. The van der Waals surface area contributed by atoms with Crippen LogP contribution in [0, 0.1) is 0 Å². The zero-order chi connectivity index (χ0) is 15.1. The van der Waals surface area contributed by atoms with Crippen molar-refractivity contribution in [1.29, 1.82) is 0 Å². The van der Waals surface area contributed by atoms with Crippen molar-refractivity contribution in [3.05, 3.63) is 65.7 Å². The molecule has 0 atom stereocenters. The topological polar surface area (TPSA) is 67.4 Å². The number of nitrogens with one attached hydrogen (secondary N) is 2. The standard InChI is InChI=1S/C16H16N2O3/c1-2-21-14-10-6-9-13(11-14)16(20)18-17-15(19)12-7-4-3-5-8-12/h3-11H,2H2,1H3,(H,17,19)(H,18,20). The lowest BCUT2D eigenvalue weighted by atomic mass is 10.2. The first-order valence-corrected chi connectivity index (χ1v) is 6.59. The summed E-state index contributed by atoms with van der Waals surface area (Å²) >= 11 is 0. The van der Waals surface area contributed by atoms with Gasteiger partial charge in [0, 0.05) is 11.1 Å².